The quantitative estimate of drug-likeness (QED) is 0.104. The van der Waals surface area contributed by atoms with Gasteiger partial charge in [-0.15, -0.1) is 0 Å². The molecule has 12 heteroatoms. The van der Waals surface area contributed by atoms with Crippen LogP contribution in [0.2, 0.25) is 0 Å². The largest absolute Gasteiger partial charge is 0.392 e. The Morgan fingerprint density at radius 1 is 0.778 bits per heavy atom. The van der Waals surface area contributed by atoms with Crippen LogP contribution < -0.4 is 9.62 Å². The van der Waals surface area contributed by atoms with Gasteiger partial charge >= 0.3 is 0 Å². The van der Waals surface area contributed by atoms with Gasteiger partial charge in [-0.2, -0.15) is 0 Å². The molecule has 7 rings (SSSR count). The van der Waals surface area contributed by atoms with Crippen molar-refractivity contribution in [1.82, 2.24) is 9.62 Å². The van der Waals surface area contributed by atoms with Crippen LogP contribution in [0.1, 0.15) is 41.6 Å². The van der Waals surface area contributed by atoms with Crippen LogP contribution in [0.15, 0.2) is 132 Å². The molecule has 11 nitrogen and oxygen atoms in total. The van der Waals surface area contributed by atoms with Gasteiger partial charge in [-0.1, -0.05) is 85.8 Å². The number of benzene rings is 5. The normalized spacial score (nSPS) is 20.8. The van der Waals surface area contributed by atoms with Gasteiger partial charge in [-0.3, -0.25) is 15.0 Å². The third kappa shape index (κ3) is 8.71. The number of hydrogen-bond acceptors (Lipinski definition) is 9. The molecule has 0 amide bonds. The van der Waals surface area contributed by atoms with Crippen LogP contribution in [-0.2, 0) is 32.6 Å². The van der Waals surface area contributed by atoms with Gasteiger partial charge in [0.05, 0.1) is 28.6 Å². The second-order valence-corrected chi connectivity index (χ2v) is 15.6. The SMILES string of the molecule is C[C@H]1[C@@H](CN2CCN(c3ccc([N+](=O)[O-])cc3)CC2)O[C@@H](c2cccc(-c3cccc(CNS(=O)(=O)c4ccccc4)c3)c2)O[C@H]1c1ccc(CO)cc1. The summed E-state index contributed by atoms with van der Waals surface area (Å²) in [6, 6.07) is 38.8. The second kappa shape index (κ2) is 16.6. The molecule has 0 saturated carbocycles. The monoisotopic (exact) mass is 748 g/mol. The molecule has 0 radical (unpaired) electrons. The van der Waals surface area contributed by atoms with Crippen molar-refractivity contribution in [2.45, 2.75) is 43.5 Å². The van der Waals surface area contributed by atoms with Gasteiger partial charge in [-0.05, 0) is 64.2 Å². The number of aliphatic hydroxyl groups excluding tert-OH is 1. The lowest BCUT2D eigenvalue weighted by atomic mass is 9.89. The van der Waals surface area contributed by atoms with E-state index >= 15 is 0 Å². The Kier molecular flexibility index (Phi) is 11.5. The Morgan fingerprint density at radius 3 is 2.15 bits per heavy atom. The van der Waals surface area contributed by atoms with E-state index in [2.05, 4.69) is 27.5 Å². The molecule has 2 saturated heterocycles. The molecule has 2 aliphatic heterocycles. The summed E-state index contributed by atoms with van der Waals surface area (Å²) in [6.07, 6.45) is -1.05. The Labute approximate surface area is 316 Å². The first-order valence-electron chi connectivity index (χ1n) is 18.1. The van der Waals surface area contributed by atoms with Crippen molar-refractivity contribution in [2.24, 2.45) is 5.92 Å². The van der Waals surface area contributed by atoms with Crippen molar-refractivity contribution >= 4 is 21.4 Å². The average molecular weight is 749 g/mol. The van der Waals surface area contributed by atoms with Crippen molar-refractivity contribution in [2.75, 3.05) is 37.6 Å². The van der Waals surface area contributed by atoms with E-state index in [9.17, 15) is 23.6 Å². The Bertz CT molecular complexity index is 2140. The van der Waals surface area contributed by atoms with Crippen LogP contribution in [-0.4, -0.2) is 62.2 Å². The first-order valence-corrected chi connectivity index (χ1v) is 19.6. The van der Waals surface area contributed by atoms with E-state index in [0.717, 1.165) is 65.2 Å². The van der Waals surface area contributed by atoms with Gasteiger partial charge in [0.2, 0.25) is 10.0 Å². The number of rotatable bonds is 12. The molecule has 2 heterocycles. The van der Waals surface area contributed by atoms with Crippen LogP contribution in [0.3, 0.4) is 0 Å². The summed E-state index contributed by atoms with van der Waals surface area (Å²) in [4.78, 5) is 15.6. The number of ether oxygens (including phenoxy) is 2. The van der Waals surface area contributed by atoms with Crippen LogP contribution in [0.5, 0.6) is 0 Å². The number of hydrogen-bond donors (Lipinski definition) is 2. The zero-order chi connectivity index (χ0) is 37.7. The smallest absolute Gasteiger partial charge is 0.269 e. The molecule has 0 unspecified atom stereocenters. The highest BCUT2D eigenvalue weighted by Gasteiger charge is 2.39. The van der Waals surface area contributed by atoms with Crippen LogP contribution >= 0.6 is 0 Å². The molecule has 5 aromatic carbocycles. The number of nitro groups is 1. The number of nitro benzene ring substituents is 1. The lowest BCUT2D eigenvalue weighted by Gasteiger charge is -2.44. The summed E-state index contributed by atoms with van der Waals surface area (Å²) in [5, 5.41) is 20.8. The van der Waals surface area contributed by atoms with E-state index in [1.807, 2.05) is 78.9 Å². The Hall–Kier alpha value is -4.95. The van der Waals surface area contributed by atoms with Crippen LogP contribution in [0.25, 0.3) is 11.1 Å². The number of piperazine rings is 1. The highest BCUT2D eigenvalue weighted by molar-refractivity contribution is 7.89. The van der Waals surface area contributed by atoms with Crippen LogP contribution in [0.4, 0.5) is 11.4 Å². The molecule has 4 atom stereocenters. The number of nitrogens with zero attached hydrogens (tertiary/aromatic N) is 3. The predicted molar refractivity (Wildman–Crippen MR) is 207 cm³/mol. The standard InChI is InChI=1S/C42H44N4O7S/c1-30-40(28-44-21-23-45(24-22-44)37-17-19-38(20-18-37)46(48)49)52-42(53-41(30)33-15-13-31(29-47)14-16-33)36-10-6-9-35(26-36)34-8-5-7-32(25-34)27-43-54(50,51)39-11-3-2-4-12-39/h2-20,25-26,30,40-43,47H,21-24,27-29H2,1H3/t30-,40+,41+,42+/m0/s1. The van der Waals surface area contributed by atoms with Gasteiger partial charge < -0.3 is 19.5 Å². The average Bonchev–Trinajstić information content (AvgIpc) is 3.22. The van der Waals surface area contributed by atoms with Crippen molar-refractivity contribution in [3.63, 3.8) is 0 Å². The van der Waals surface area contributed by atoms with Crippen molar-refractivity contribution in [3.05, 3.63) is 160 Å². The number of nitrogens with one attached hydrogen (secondary N) is 1. The zero-order valence-corrected chi connectivity index (χ0v) is 30.8. The fraction of sp³-hybridized carbons (Fsp3) is 0.286. The van der Waals surface area contributed by atoms with Crippen LogP contribution in [0, 0.1) is 16.0 Å². The molecule has 0 bridgehead atoms. The van der Waals surface area contributed by atoms with Gasteiger partial charge in [-0.25, -0.2) is 13.1 Å². The van der Waals surface area contributed by atoms with Gasteiger partial charge in [0.25, 0.3) is 5.69 Å². The van der Waals surface area contributed by atoms with Gasteiger partial charge in [0, 0.05) is 68.6 Å². The summed E-state index contributed by atoms with van der Waals surface area (Å²) in [6.45, 7) is 6.20. The molecule has 54 heavy (non-hydrogen) atoms. The molecule has 2 fully saturated rings. The maximum Gasteiger partial charge on any atom is 0.269 e. The summed E-state index contributed by atoms with van der Waals surface area (Å²) < 4.78 is 42.0. The summed E-state index contributed by atoms with van der Waals surface area (Å²) in [5.74, 6) is 0.0217. The minimum Gasteiger partial charge on any atom is -0.392 e. The third-order valence-electron chi connectivity index (χ3n) is 10.3. The summed E-state index contributed by atoms with van der Waals surface area (Å²) >= 11 is 0. The Morgan fingerprint density at radius 2 is 1.46 bits per heavy atom. The molecule has 2 aliphatic rings. The minimum absolute atomic E-state index is 0.0217. The fourth-order valence-corrected chi connectivity index (χ4v) is 8.18. The summed E-state index contributed by atoms with van der Waals surface area (Å²) in [5.41, 5.74) is 6.51. The number of anilines is 1. The topological polar surface area (TPSA) is 134 Å². The second-order valence-electron chi connectivity index (χ2n) is 13.8. The number of aliphatic hydroxyl groups is 1. The molecule has 5 aromatic rings. The molecular weight excluding hydrogens is 705 g/mol. The van der Waals surface area contributed by atoms with E-state index in [1.165, 1.54) is 0 Å². The van der Waals surface area contributed by atoms with Gasteiger partial charge in [0.15, 0.2) is 6.29 Å². The van der Waals surface area contributed by atoms with Crippen molar-refractivity contribution in [1.29, 1.82) is 0 Å². The van der Waals surface area contributed by atoms with E-state index < -0.39 is 16.3 Å². The van der Waals surface area contributed by atoms with Crippen molar-refractivity contribution < 1.29 is 27.9 Å². The lowest BCUT2D eigenvalue weighted by molar-refractivity contribution is -0.384. The molecule has 0 aliphatic carbocycles. The number of non-ortho nitro benzene ring substituents is 1. The third-order valence-corrected chi connectivity index (χ3v) is 11.7. The molecule has 0 spiro atoms. The van der Waals surface area contributed by atoms with E-state index in [4.69, 9.17) is 9.47 Å². The van der Waals surface area contributed by atoms with Crippen molar-refractivity contribution in [3.8, 4) is 11.1 Å². The minimum atomic E-state index is -3.65. The maximum absolute atomic E-state index is 12.8. The summed E-state index contributed by atoms with van der Waals surface area (Å²) in [7, 11) is -3.65. The molecule has 0 aromatic heterocycles. The zero-order valence-electron chi connectivity index (χ0n) is 30.0. The first kappa shape index (κ1) is 37.4. The lowest BCUT2D eigenvalue weighted by Crippen LogP contribution is -2.51. The highest BCUT2D eigenvalue weighted by atomic mass is 32.2. The molecule has 2 N–H and O–H groups in total. The molecule has 280 valence electrons. The van der Waals surface area contributed by atoms with Gasteiger partial charge in [0.1, 0.15) is 0 Å². The fourth-order valence-electron chi connectivity index (χ4n) is 7.14. The number of sulfonamides is 1. The Balaban J connectivity index is 1.08. The van der Waals surface area contributed by atoms with E-state index in [-0.39, 0.29) is 46.8 Å². The first-order chi connectivity index (χ1) is 26.2. The van der Waals surface area contributed by atoms with E-state index in [0.29, 0.717) is 6.54 Å². The predicted octanol–water partition coefficient (Wildman–Crippen LogP) is 6.85. The highest BCUT2D eigenvalue weighted by Crippen LogP contribution is 2.42. The van der Waals surface area contributed by atoms with E-state index in [1.54, 1.807) is 42.5 Å². The molecular formula is C42H44N4O7S. The maximum atomic E-state index is 12.8.